The van der Waals surface area contributed by atoms with Crippen LogP contribution in [0, 0.1) is 0 Å². The van der Waals surface area contributed by atoms with Crippen molar-refractivity contribution in [2.24, 2.45) is 0 Å². The highest BCUT2D eigenvalue weighted by Crippen LogP contribution is 2.21. The zero-order valence-electron chi connectivity index (χ0n) is 10.5. The van der Waals surface area contributed by atoms with Crippen LogP contribution < -0.4 is 5.32 Å². The molecule has 2 rings (SSSR count). The molecule has 0 spiro atoms. The summed E-state index contributed by atoms with van der Waals surface area (Å²) in [6.07, 6.45) is 7.80. The minimum absolute atomic E-state index is 0. The number of halogens is 1. The average Bonchev–Trinajstić information content (AvgIpc) is 2.39. The molecule has 2 heterocycles. The van der Waals surface area contributed by atoms with Crippen molar-refractivity contribution in [2.75, 3.05) is 20.1 Å². The van der Waals surface area contributed by atoms with Gasteiger partial charge < -0.3 is 5.32 Å². The molecule has 1 atom stereocenters. The van der Waals surface area contributed by atoms with Crippen LogP contribution in [0.15, 0.2) is 18.6 Å². The first-order valence-corrected chi connectivity index (χ1v) is 5.97. The predicted molar refractivity (Wildman–Crippen MR) is 71.3 cm³/mol. The maximum absolute atomic E-state index is 4.37. The van der Waals surface area contributed by atoms with E-state index in [1.165, 1.54) is 12.8 Å². The number of hydrogen-bond acceptors (Lipinski definition) is 4. The maximum atomic E-state index is 4.37. The first kappa shape index (κ1) is 14.4. The van der Waals surface area contributed by atoms with E-state index in [2.05, 4.69) is 34.2 Å². The molecule has 96 valence electrons. The number of hydrogen-bond donors (Lipinski definition) is 1. The van der Waals surface area contributed by atoms with Crippen molar-refractivity contribution in [1.82, 2.24) is 20.2 Å². The highest BCUT2D eigenvalue weighted by atomic mass is 35.5. The molecule has 0 amide bonds. The van der Waals surface area contributed by atoms with Crippen molar-refractivity contribution < 1.29 is 0 Å². The molecule has 5 heteroatoms. The zero-order chi connectivity index (χ0) is 11.4. The van der Waals surface area contributed by atoms with Crippen molar-refractivity contribution in [1.29, 1.82) is 0 Å². The molecule has 1 aromatic heterocycles. The van der Waals surface area contributed by atoms with E-state index in [9.17, 15) is 0 Å². The number of nitrogens with zero attached hydrogens (tertiary/aromatic N) is 3. The minimum Gasteiger partial charge on any atom is -0.317 e. The van der Waals surface area contributed by atoms with Crippen LogP contribution in [0.3, 0.4) is 0 Å². The quantitative estimate of drug-likeness (QED) is 0.893. The molecular formula is C12H21ClN4. The van der Waals surface area contributed by atoms with Crippen LogP contribution in [0.1, 0.15) is 31.5 Å². The van der Waals surface area contributed by atoms with Crippen molar-refractivity contribution in [3.05, 3.63) is 24.3 Å². The van der Waals surface area contributed by atoms with Crippen molar-refractivity contribution >= 4 is 12.4 Å². The minimum atomic E-state index is 0. The number of aromatic nitrogens is 2. The second-order valence-electron chi connectivity index (χ2n) is 4.45. The molecule has 1 aromatic rings. The average molecular weight is 257 g/mol. The number of rotatable bonds is 3. The summed E-state index contributed by atoms with van der Waals surface area (Å²) >= 11 is 0. The van der Waals surface area contributed by atoms with E-state index in [1.54, 1.807) is 12.4 Å². The Morgan fingerprint density at radius 1 is 1.35 bits per heavy atom. The predicted octanol–water partition coefficient (Wildman–Crippen LogP) is 1.64. The van der Waals surface area contributed by atoms with Gasteiger partial charge in [-0.1, -0.05) is 0 Å². The normalized spacial score (nSPS) is 18.8. The first-order chi connectivity index (χ1) is 7.79. The summed E-state index contributed by atoms with van der Waals surface area (Å²) in [7, 11) is 2.19. The standard InChI is InChI=1S/C12H20N4.ClH/c1-10(12-9-14-7-8-15-12)16(2)11-3-5-13-6-4-11;/h7-11,13H,3-6H2,1-2H3;1H. The van der Waals surface area contributed by atoms with Crippen molar-refractivity contribution in [2.45, 2.75) is 31.8 Å². The second kappa shape index (κ2) is 6.89. The van der Waals surface area contributed by atoms with Crippen molar-refractivity contribution in [3.8, 4) is 0 Å². The molecule has 0 bridgehead atoms. The Labute approximate surface area is 109 Å². The Hall–Kier alpha value is -0.710. The van der Waals surface area contributed by atoms with Crippen LogP contribution in [0.25, 0.3) is 0 Å². The Balaban J connectivity index is 0.00000144. The van der Waals surface area contributed by atoms with Gasteiger partial charge in [0.1, 0.15) is 0 Å². The molecule has 1 N–H and O–H groups in total. The van der Waals surface area contributed by atoms with E-state index in [-0.39, 0.29) is 12.4 Å². The molecule has 4 nitrogen and oxygen atoms in total. The van der Waals surface area contributed by atoms with E-state index in [0.717, 1.165) is 18.8 Å². The summed E-state index contributed by atoms with van der Waals surface area (Å²) in [6, 6.07) is 1.01. The van der Waals surface area contributed by atoms with E-state index < -0.39 is 0 Å². The summed E-state index contributed by atoms with van der Waals surface area (Å²) in [4.78, 5) is 10.9. The molecule has 0 radical (unpaired) electrons. The van der Waals surface area contributed by atoms with Crippen LogP contribution in [-0.4, -0.2) is 41.0 Å². The van der Waals surface area contributed by atoms with Crippen LogP contribution in [-0.2, 0) is 0 Å². The summed E-state index contributed by atoms with van der Waals surface area (Å²) in [5.74, 6) is 0. The van der Waals surface area contributed by atoms with Gasteiger partial charge in [-0.2, -0.15) is 0 Å². The molecule has 1 aliphatic rings. The van der Waals surface area contributed by atoms with Crippen molar-refractivity contribution in [3.63, 3.8) is 0 Å². The molecule has 0 aliphatic carbocycles. The van der Waals surface area contributed by atoms with E-state index in [0.29, 0.717) is 12.1 Å². The zero-order valence-corrected chi connectivity index (χ0v) is 11.3. The fourth-order valence-corrected chi connectivity index (χ4v) is 2.27. The third-order valence-corrected chi connectivity index (χ3v) is 3.51. The molecule has 1 fully saturated rings. The van der Waals surface area contributed by atoms with Crippen LogP contribution >= 0.6 is 12.4 Å². The van der Waals surface area contributed by atoms with Crippen LogP contribution in [0.5, 0.6) is 0 Å². The SMILES string of the molecule is CC(c1cnccn1)N(C)C1CCNCC1.Cl. The Morgan fingerprint density at radius 2 is 2.06 bits per heavy atom. The first-order valence-electron chi connectivity index (χ1n) is 5.97. The van der Waals surface area contributed by atoms with Gasteiger partial charge in [-0.25, -0.2) is 0 Å². The number of nitrogens with one attached hydrogen (secondary N) is 1. The summed E-state index contributed by atoms with van der Waals surface area (Å²) in [5, 5.41) is 3.39. The Morgan fingerprint density at radius 3 is 2.65 bits per heavy atom. The van der Waals surface area contributed by atoms with Gasteiger partial charge in [0.2, 0.25) is 0 Å². The molecule has 1 saturated heterocycles. The summed E-state index contributed by atoms with van der Waals surface area (Å²) in [5.41, 5.74) is 1.06. The lowest BCUT2D eigenvalue weighted by Crippen LogP contribution is -2.42. The smallest absolute Gasteiger partial charge is 0.0755 e. The van der Waals surface area contributed by atoms with Gasteiger partial charge in [0, 0.05) is 24.6 Å². The summed E-state index contributed by atoms with van der Waals surface area (Å²) in [6.45, 7) is 4.45. The lowest BCUT2D eigenvalue weighted by Gasteiger charge is -2.35. The maximum Gasteiger partial charge on any atom is 0.0755 e. The highest BCUT2D eigenvalue weighted by molar-refractivity contribution is 5.85. The lowest BCUT2D eigenvalue weighted by molar-refractivity contribution is 0.150. The van der Waals surface area contributed by atoms with Crippen LogP contribution in [0.2, 0.25) is 0 Å². The largest absolute Gasteiger partial charge is 0.317 e. The molecule has 1 unspecified atom stereocenters. The van der Waals surface area contributed by atoms with Crippen LogP contribution in [0.4, 0.5) is 0 Å². The van der Waals surface area contributed by atoms with E-state index in [1.807, 2.05) is 6.20 Å². The second-order valence-corrected chi connectivity index (χ2v) is 4.45. The lowest BCUT2D eigenvalue weighted by atomic mass is 10.0. The van der Waals surface area contributed by atoms with Gasteiger partial charge in [-0.15, -0.1) is 12.4 Å². The molecule has 0 saturated carbocycles. The van der Waals surface area contributed by atoms with Gasteiger partial charge in [0.05, 0.1) is 11.7 Å². The van der Waals surface area contributed by atoms with E-state index >= 15 is 0 Å². The third-order valence-electron chi connectivity index (χ3n) is 3.51. The highest BCUT2D eigenvalue weighted by Gasteiger charge is 2.23. The van der Waals surface area contributed by atoms with Gasteiger partial charge in [-0.3, -0.25) is 14.9 Å². The topological polar surface area (TPSA) is 41.1 Å². The van der Waals surface area contributed by atoms with Gasteiger partial charge >= 0.3 is 0 Å². The summed E-state index contributed by atoms with van der Waals surface area (Å²) < 4.78 is 0. The molecule has 0 aromatic carbocycles. The molecule has 1 aliphatic heterocycles. The fourth-order valence-electron chi connectivity index (χ4n) is 2.27. The van der Waals surface area contributed by atoms with Gasteiger partial charge in [0.25, 0.3) is 0 Å². The Bertz CT molecular complexity index is 314. The Kier molecular flexibility index (Phi) is 5.82. The number of piperidine rings is 1. The molecular weight excluding hydrogens is 236 g/mol. The fraction of sp³-hybridized carbons (Fsp3) is 0.667. The third kappa shape index (κ3) is 3.63. The molecule has 17 heavy (non-hydrogen) atoms. The van der Waals surface area contributed by atoms with Gasteiger partial charge in [-0.05, 0) is 39.9 Å². The monoisotopic (exact) mass is 256 g/mol. The van der Waals surface area contributed by atoms with Gasteiger partial charge in [0.15, 0.2) is 0 Å². The van der Waals surface area contributed by atoms with E-state index in [4.69, 9.17) is 0 Å².